The van der Waals surface area contributed by atoms with E-state index in [1.807, 2.05) is 18.2 Å². The Bertz CT molecular complexity index is 845. The van der Waals surface area contributed by atoms with Crippen LogP contribution in [0.3, 0.4) is 0 Å². The Morgan fingerprint density at radius 1 is 0.833 bits per heavy atom. The molecule has 0 bridgehead atoms. The first-order valence-electron chi connectivity index (χ1n) is 8.67. The van der Waals surface area contributed by atoms with E-state index in [-0.39, 0.29) is 0 Å². The van der Waals surface area contributed by atoms with Crippen LogP contribution in [0.2, 0.25) is 0 Å². The van der Waals surface area contributed by atoms with E-state index >= 15 is 0 Å². The number of hydrogen-bond acceptors (Lipinski definition) is 2. The number of fused-ring (bicyclic) bond motifs is 1. The standard InChI is InChI=1S/C22H21NO/c1-4-8-22-18(5-1)12-14-19(23-22)13-9-17-10-15-21(16-11-17)24-20-6-2-3-7-20/h1,4-5,8-16,20H,2-3,6-7H2/b13-9+. The highest BCUT2D eigenvalue weighted by molar-refractivity contribution is 5.80. The number of pyridine rings is 1. The molecule has 2 nitrogen and oxygen atoms in total. The van der Waals surface area contributed by atoms with Crippen LogP contribution in [0.25, 0.3) is 23.1 Å². The highest BCUT2D eigenvalue weighted by Gasteiger charge is 2.16. The average Bonchev–Trinajstić information content (AvgIpc) is 3.14. The smallest absolute Gasteiger partial charge is 0.119 e. The van der Waals surface area contributed by atoms with Gasteiger partial charge in [-0.15, -0.1) is 0 Å². The Kier molecular flexibility index (Phi) is 4.28. The van der Waals surface area contributed by atoms with E-state index in [9.17, 15) is 0 Å². The molecule has 0 unspecified atom stereocenters. The van der Waals surface area contributed by atoms with Gasteiger partial charge >= 0.3 is 0 Å². The van der Waals surface area contributed by atoms with E-state index in [1.54, 1.807) is 0 Å². The first kappa shape index (κ1) is 14.9. The molecular formula is C22H21NO. The van der Waals surface area contributed by atoms with Crippen LogP contribution in [0, 0.1) is 0 Å². The number of benzene rings is 2. The highest BCUT2D eigenvalue weighted by atomic mass is 16.5. The van der Waals surface area contributed by atoms with Gasteiger partial charge in [0.1, 0.15) is 5.75 Å². The van der Waals surface area contributed by atoms with Crippen molar-refractivity contribution in [3.05, 3.63) is 71.9 Å². The lowest BCUT2D eigenvalue weighted by atomic mass is 10.1. The number of ether oxygens (including phenoxy) is 1. The summed E-state index contributed by atoms with van der Waals surface area (Å²) >= 11 is 0. The zero-order chi connectivity index (χ0) is 16.2. The van der Waals surface area contributed by atoms with E-state index in [1.165, 1.54) is 31.1 Å². The molecule has 0 aliphatic heterocycles. The molecule has 1 heterocycles. The summed E-state index contributed by atoms with van der Waals surface area (Å²) < 4.78 is 6.00. The van der Waals surface area contributed by atoms with Gasteiger partial charge in [0.15, 0.2) is 0 Å². The molecule has 120 valence electrons. The van der Waals surface area contributed by atoms with Crippen molar-refractivity contribution in [2.24, 2.45) is 0 Å². The minimum atomic E-state index is 0.410. The maximum atomic E-state index is 6.00. The average molecular weight is 315 g/mol. The van der Waals surface area contributed by atoms with Crippen molar-refractivity contribution in [1.82, 2.24) is 4.98 Å². The zero-order valence-electron chi connectivity index (χ0n) is 13.7. The molecule has 2 heteroatoms. The van der Waals surface area contributed by atoms with Crippen LogP contribution in [0.15, 0.2) is 60.7 Å². The first-order chi connectivity index (χ1) is 11.9. The summed E-state index contributed by atoms with van der Waals surface area (Å²) in [5, 5.41) is 1.17. The highest BCUT2D eigenvalue weighted by Crippen LogP contribution is 2.24. The summed E-state index contributed by atoms with van der Waals surface area (Å²) in [4.78, 5) is 4.66. The molecule has 0 N–H and O–H groups in total. The summed E-state index contributed by atoms with van der Waals surface area (Å²) in [5.74, 6) is 0.975. The van der Waals surface area contributed by atoms with Crippen LogP contribution in [0.4, 0.5) is 0 Å². The molecule has 1 aliphatic rings. The van der Waals surface area contributed by atoms with Crippen molar-refractivity contribution < 1.29 is 4.74 Å². The van der Waals surface area contributed by atoms with Gasteiger partial charge in [0.05, 0.1) is 17.3 Å². The summed E-state index contributed by atoms with van der Waals surface area (Å²) in [6, 6.07) is 20.7. The van der Waals surface area contributed by atoms with Crippen LogP contribution >= 0.6 is 0 Å². The van der Waals surface area contributed by atoms with Crippen molar-refractivity contribution in [3.8, 4) is 5.75 Å². The van der Waals surface area contributed by atoms with Gasteiger partial charge in [-0.05, 0) is 61.6 Å². The van der Waals surface area contributed by atoms with Gasteiger partial charge in [0.25, 0.3) is 0 Å². The SMILES string of the molecule is C(=C\c1ccc2ccccc2n1)/c1ccc(OC2CCCC2)cc1. The van der Waals surface area contributed by atoms with Gasteiger partial charge in [-0.2, -0.15) is 0 Å². The van der Waals surface area contributed by atoms with Gasteiger partial charge in [-0.25, -0.2) is 4.98 Å². The van der Waals surface area contributed by atoms with Crippen molar-refractivity contribution in [2.45, 2.75) is 31.8 Å². The van der Waals surface area contributed by atoms with Gasteiger partial charge in [0.2, 0.25) is 0 Å². The minimum Gasteiger partial charge on any atom is -0.490 e. The molecule has 4 rings (SSSR count). The molecule has 2 aromatic carbocycles. The van der Waals surface area contributed by atoms with Gasteiger partial charge in [-0.3, -0.25) is 0 Å². The van der Waals surface area contributed by atoms with Crippen molar-refractivity contribution in [2.75, 3.05) is 0 Å². The summed E-state index contributed by atoms with van der Waals surface area (Å²) in [6.07, 6.45) is 9.53. The fourth-order valence-corrected chi connectivity index (χ4v) is 3.21. The fraction of sp³-hybridized carbons (Fsp3) is 0.227. The first-order valence-corrected chi connectivity index (χ1v) is 8.67. The second-order valence-electron chi connectivity index (χ2n) is 6.36. The zero-order valence-corrected chi connectivity index (χ0v) is 13.7. The number of para-hydroxylation sites is 1. The van der Waals surface area contributed by atoms with Crippen LogP contribution < -0.4 is 4.74 Å². The fourth-order valence-electron chi connectivity index (χ4n) is 3.21. The Hall–Kier alpha value is -2.61. The topological polar surface area (TPSA) is 22.1 Å². The predicted molar refractivity (Wildman–Crippen MR) is 100.0 cm³/mol. The molecule has 0 atom stereocenters. The lowest BCUT2D eigenvalue weighted by Gasteiger charge is -2.12. The van der Waals surface area contributed by atoms with E-state index < -0.39 is 0 Å². The molecule has 1 fully saturated rings. The summed E-state index contributed by atoms with van der Waals surface area (Å²) in [7, 11) is 0. The predicted octanol–water partition coefficient (Wildman–Crippen LogP) is 5.73. The third-order valence-corrected chi connectivity index (χ3v) is 4.55. The number of hydrogen-bond donors (Lipinski definition) is 0. The second kappa shape index (κ2) is 6.88. The van der Waals surface area contributed by atoms with Crippen LogP contribution in [-0.2, 0) is 0 Å². The monoisotopic (exact) mass is 315 g/mol. The van der Waals surface area contributed by atoms with Crippen molar-refractivity contribution >= 4 is 23.1 Å². The minimum absolute atomic E-state index is 0.410. The van der Waals surface area contributed by atoms with Gasteiger partial charge in [0, 0.05) is 5.39 Å². The largest absolute Gasteiger partial charge is 0.490 e. The third kappa shape index (κ3) is 3.48. The normalized spacial score (nSPS) is 15.3. The van der Waals surface area contributed by atoms with Gasteiger partial charge < -0.3 is 4.74 Å². The maximum Gasteiger partial charge on any atom is 0.119 e. The van der Waals surface area contributed by atoms with E-state index in [0.717, 1.165) is 22.5 Å². The van der Waals surface area contributed by atoms with Crippen LogP contribution in [0.5, 0.6) is 5.75 Å². The molecule has 1 aliphatic carbocycles. The van der Waals surface area contributed by atoms with Crippen LogP contribution in [-0.4, -0.2) is 11.1 Å². The maximum absolute atomic E-state index is 6.00. The summed E-state index contributed by atoms with van der Waals surface area (Å²) in [5.41, 5.74) is 3.16. The molecule has 1 saturated carbocycles. The Balaban J connectivity index is 1.46. The quantitative estimate of drug-likeness (QED) is 0.613. The van der Waals surface area contributed by atoms with Crippen molar-refractivity contribution in [3.63, 3.8) is 0 Å². The second-order valence-corrected chi connectivity index (χ2v) is 6.36. The number of nitrogens with zero attached hydrogens (tertiary/aromatic N) is 1. The molecule has 0 radical (unpaired) electrons. The molecule has 0 saturated heterocycles. The lowest BCUT2D eigenvalue weighted by Crippen LogP contribution is -2.10. The van der Waals surface area contributed by atoms with Crippen molar-refractivity contribution in [1.29, 1.82) is 0 Å². The Morgan fingerprint density at radius 2 is 1.62 bits per heavy atom. The Morgan fingerprint density at radius 3 is 2.46 bits per heavy atom. The van der Waals surface area contributed by atoms with Crippen LogP contribution in [0.1, 0.15) is 36.9 Å². The van der Waals surface area contributed by atoms with E-state index in [0.29, 0.717) is 6.10 Å². The molecule has 24 heavy (non-hydrogen) atoms. The van der Waals surface area contributed by atoms with E-state index in [4.69, 9.17) is 4.74 Å². The molecule has 0 spiro atoms. The van der Waals surface area contributed by atoms with E-state index in [2.05, 4.69) is 59.6 Å². The van der Waals surface area contributed by atoms with Gasteiger partial charge in [-0.1, -0.05) is 42.5 Å². The third-order valence-electron chi connectivity index (χ3n) is 4.55. The molecule has 3 aromatic rings. The molecular weight excluding hydrogens is 294 g/mol. The number of rotatable bonds is 4. The number of aromatic nitrogens is 1. The molecule has 0 amide bonds. The molecule has 1 aromatic heterocycles. The lowest BCUT2D eigenvalue weighted by molar-refractivity contribution is 0.210. The Labute approximate surface area is 142 Å². The summed E-state index contributed by atoms with van der Waals surface area (Å²) in [6.45, 7) is 0.